The first kappa shape index (κ1) is 17.8. The molecule has 0 aliphatic carbocycles. The fourth-order valence-corrected chi connectivity index (χ4v) is 1.54. The van der Waals surface area contributed by atoms with Crippen molar-refractivity contribution in [3.05, 3.63) is 18.3 Å². The zero-order chi connectivity index (χ0) is 13.0. The molecule has 2 nitrogen and oxygen atoms in total. The summed E-state index contributed by atoms with van der Waals surface area (Å²) in [5, 5.41) is 0. The third-order valence-electron chi connectivity index (χ3n) is 3.05. The Balaban J connectivity index is 0. The second-order valence-corrected chi connectivity index (χ2v) is 4.35. The van der Waals surface area contributed by atoms with Gasteiger partial charge in [-0.3, -0.25) is 0 Å². The molecular weight excluding hydrogens is 200 g/mol. The van der Waals surface area contributed by atoms with Crippen molar-refractivity contribution in [3.8, 4) is 0 Å². The normalized spacial score (nSPS) is 14.8. The van der Waals surface area contributed by atoms with Gasteiger partial charge >= 0.3 is 11.3 Å². The Morgan fingerprint density at radius 3 is 2.31 bits per heavy atom. The van der Waals surface area contributed by atoms with E-state index in [0.29, 0.717) is 0 Å². The third-order valence-corrected chi connectivity index (χ3v) is 3.05. The minimum atomic E-state index is 0.0724. The van der Waals surface area contributed by atoms with Crippen LogP contribution in [-0.4, -0.2) is 12.7 Å². The van der Waals surface area contributed by atoms with Gasteiger partial charge in [0, 0.05) is 7.11 Å². The van der Waals surface area contributed by atoms with Crippen LogP contribution >= 0.6 is 0 Å². The Kier molecular flexibility index (Phi) is 12.2. The van der Waals surface area contributed by atoms with Crippen LogP contribution in [0.4, 0.5) is 0 Å². The summed E-state index contributed by atoms with van der Waals surface area (Å²) in [6.07, 6.45) is 8.19. The summed E-state index contributed by atoms with van der Waals surface area (Å²) >= 11 is 0. The zero-order valence-electron chi connectivity index (χ0n) is 11.4. The average molecular weight is 226 g/mol. The topological polar surface area (TPSA) is 29.1 Å². The Labute approximate surface area is 101 Å². The van der Waals surface area contributed by atoms with E-state index < -0.39 is 0 Å². The molecule has 0 amide bonds. The molecule has 0 spiro atoms. The van der Waals surface area contributed by atoms with E-state index in [1.54, 1.807) is 0 Å². The molecule has 0 saturated carbocycles. The summed E-state index contributed by atoms with van der Waals surface area (Å²) in [7, 11) is 1.81. The Hall–Kier alpha value is -0.560. The van der Waals surface area contributed by atoms with Gasteiger partial charge in [-0.05, 0) is 39.5 Å². The molecule has 0 fully saturated rings. The standard InChI is InChI=1S/C13H26O.CO/c1-6-9-12(3)10-8-11-13(4,7-2)14-5;1-2/h10H,6-9,11H2,1-5H3;/b12-10+;. The van der Waals surface area contributed by atoms with Gasteiger partial charge in [-0.15, -0.1) is 0 Å². The molecule has 0 N–H and O–H groups in total. The van der Waals surface area contributed by atoms with Gasteiger partial charge in [0.05, 0.1) is 5.60 Å². The molecule has 0 aromatic carbocycles. The van der Waals surface area contributed by atoms with Crippen molar-refractivity contribution in [1.82, 2.24) is 0 Å². The van der Waals surface area contributed by atoms with Crippen molar-refractivity contribution in [2.75, 3.05) is 7.11 Å². The molecular formula is C14H26O2. The fraction of sp³-hybridized carbons (Fsp3) is 0.786. The Bertz CT molecular complexity index is 200. The predicted octanol–water partition coefficient (Wildman–Crippen LogP) is 4.29. The molecule has 0 aromatic heterocycles. The average Bonchev–Trinajstić information content (AvgIpc) is 2.32. The molecule has 0 aliphatic rings. The maximum absolute atomic E-state index is 7.50. The van der Waals surface area contributed by atoms with Gasteiger partial charge < -0.3 is 4.74 Å². The summed E-state index contributed by atoms with van der Waals surface area (Å²) < 4.78 is 13.0. The number of hydrogen-bond acceptors (Lipinski definition) is 1. The van der Waals surface area contributed by atoms with Crippen LogP contribution in [0.5, 0.6) is 0 Å². The summed E-state index contributed by atoms with van der Waals surface area (Å²) in [5.41, 5.74) is 1.59. The van der Waals surface area contributed by atoms with E-state index in [1.165, 1.54) is 18.4 Å². The number of hydrogen-bond donors (Lipinski definition) is 0. The molecule has 1 unspecified atom stereocenters. The van der Waals surface area contributed by atoms with E-state index in [0.717, 1.165) is 19.3 Å². The first-order chi connectivity index (χ1) is 7.58. The molecule has 0 aromatic rings. The Morgan fingerprint density at radius 2 is 1.94 bits per heavy atom. The van der Waals surface area contributed by atoms with Gasteiger partial charge in [0.1, 0.15) is 0 Å². The monoisotopic (exact) mass is 226 g/mol. The number of rotatable bonds is 7. The van der Waals surface area contributed by atoms with Crippen molar-refractivity contribution < 1.29 is 9.39 Å². The van der Waals surface area contributed by atoms with Crippen LogP contribution in [0.15, 0.2) is 11.6 Å². The summed E-state index contributed by atoms with van der Waals surface area (Å²) in [4.78, 5) is 0. The van der Waals surface area contributed by atoms with Crippen LogP contribution in [-0.2, 0) is 9.39 Å². The maximum atomic E-state index is 7.50. The molecule has 0 saturated heterocycles. The SMILES string of the molecule is CCC/C(C)=C/CCC(C)(CC)OC.[C-]#[O+]. The van der Waals surface area contributed by atoms with Crippen LogP contribution in [0, 0.1) is 6.65 Å². The van der Waals surface area contributed by atoms with Gasteiger partial charge in [-0.1, -0.05) is 31.9 Å². The van der Waals surface area contributed by atoms with Crippen LogP contribution in [0.1, 0.15) is 59.8 Å². The van der Waals surface area contributed by atoms with Crippen LogP contribution in [0.3, 0.4) is 0 Å². The van der Waals surface area contributed by atoms with Crippen molar-refractivity contribution in [2.24, 2.45) is 0 Å². The first-order valence-electron chi connectivity index (χ1n) is 5.99. The molecule has 0 rings (SSSR count). The van der Waals surface area contributed by atoms with Gasteiger partial charge in [0.2, 0.25) is 0 Å². The minimum absolute atomic E-state index is 0.0724. The number of methoxy groups -OCH3 is 1. The quantitative estimate of drug-likeness (QED) is 0.361. The second-order valence-electron chi connectivity index (χ2n) is 4.35. The van der Waals surface area contributed by atoms with Gasteiger partial charge in [0.15, 0.2) is 0 Å². The molecule has 2 heteroatoms. The molecule has 1 atom stereocenters. The van der Waals surface area contributed by atoms with Crippen LogP contribution in [0.25, 0.3) is 0 Å². The summed E-state index contributed by atoms with van der Waals surface area (Å²) in [6, 6.07) is 0. The van der Waals surface area contributed by atoms with Gasteiger partial charge in [-0.25, -0.2) is 0 Å². The van der Waals surface area contributed by atoms with E-state index in [2.05, 4.69) is 40.4 Å². The van der Waals surface area contributed by atoms with E-state index in [-0.39, 0.29) is 5.60 Å². The molecule has 94 valence electrons. The summed E-state index contributed by atoms with van der Waals surface area (Å²) in [5.74, 6) is 0. The van der Waals surface area contributed by atoms with E-state index in [9.17, 15) is 0 Å². The third kappa shape index (κ3) is 8.72. The van der Waals surface area contributed by atoms with Crippen LogP contribution < -0.4 is 0 Å². The van der Waals surface area contributed by atoms with Crippen molar-refractivity contribution in [1.29, 1.82) is 0 Å². The molecule has 16 heavy (non-hydrogen) atoms. The molecule has 0 bridgehead atoms. The molecule has 0 radical (unpaired) electrons. The summed E-state index contributed by atoms with van der Waals surface area (Å²) in [6.45, 7) is 13.3. The van der Waals surface area contributed by atoms with E-state index in [1.807, 2.05) is 7.11 Å². The van der Waals surface area contributed by atoms with Gasteiger partial charge in [0.25, 0.3) is 0 Å². The van der Waals surface area contributed by atoms with E-state index >= 15 is 0 Å². The van der Waals surface area contributed by atoms with Crippen molar-refractivity contribution in [3.63, 3.8) is 0 Å². The first-order valence-corrected chi connectivity index (χ1v) is 5.99. The van der Waals surface area contributed by atoms with Crippen molar-refractivity contribution in [2.45, 2.75) is 65.4 Å². The Morgan fingerprint density at radius 1 is 1.38 bits per heavy atom. The van der Waals surface area contributed by atoms with E-state index in [4.69, 9.17) is 9.39 Å². The predicted molar refractivity (Wildman–Crippen MR) is 67.5 cm³/mol. The second kappa shape index (κ2) is 10.9. The molecule has 0 aliphatic heterocycles. The van der Waals surface area contributed by atoms with Gasteiger partial charge in [-0.2, -0.15) is 0 Å². The van der Waals surface area contributed by atoms with Crippen molar-refractivity contribution >= 4 is 0 Å². The fourth-order valence-electron chi connectivity index (χ4n) is 1.54. The number of allylic oxidation sites excluding steroid dienone is 2. The van der Waals surface area contributed by atoms with Crippen LogP contribution in [0.2, 0.25) is 0 Å². The number of ether oxygens (including phenoxy) is 1. The molecule has 0 heterocycles. The zero-order valence-corrected chi connectivity index (χ0v) is 11.4.